The molecule has 0 spiro atoms. The van der Waals surface area contributed by atoms with Gasteiger partial charge in [-0.05, 0) is 29.0 Å². The second kappa shape index (κ2) is 9.08. The van der Waals surface area contributed by atoms with Gasteiger partial charge in [0.25, 0.3) is 0 Å². The van der Waals surface area contributed by atoms with E-state index in [1.807, 2.05) is 29.6 Å². The first-order valence-corrected chi connectivity index (χ1v) is 8.86. The van der Waals surface area contributed by atoms with Crippen molar-refractivity contribution in [3.05, 3.63) is 57.8 Å². The van der Waals surface area contributed by atoms with E-state index in [2.05, 4.69) is 29.7 Å². The lowest BCUT2D eigenvalue weighted by molar-refractivity contribution is -0.136. The molecule has 128 valence electrons. The van der Waals surface area contributed by atoms with Crippen LogP contribution in [0.2, 0.25) is 0 Å². The number of carbonyl (C=O) groups excluding carboxylic acids is 1. The predicted molar refractivity (Wildman–Crippen MR) is 95.4 cm³/mol. The molecular weight excluding hydrogens is 324 g/mol. The van der Waals surface area contributed by atoms with Crippen molar-refractivity contribution in [1.29, 1.82) is 0 Å². The van der Waals surface area contributed by atoms with E-state index in [9.17, 15) is 9.59 Å². The molecule has 2 rings (SSSR count). The zero-order valence-corrected chi connectivity index (χ0v) is 14.4. The zero-order valence-electron chi connectivity index (χ0n) is 13.6. The molecule has 24 heavy (non-hydrogen) atoms. The Hall–Kier alpha value is -2.34. The Bertz CT molecular complexity index is 653. The topological polar surface area (TPSA) is 78.4 Å². The molecule has 1 atom stereocenters. The van der Waals surface area contributed by atoms with Gasteiger partial charge in [0.15, 0.2) is 0 Å². The molecule has 2 amide bonds. The number of carboxylic acids is 1. The van der Waals surface area contributed by atoms with Crippen LogP contribution in [0.4, 0.5) is 4.79 Å². The number of carbonyl (C=O) groups is 2. The van der Waals surface area contributed by atoms with Crippen LogP contribution < -0.4 is 10.6 Å². The molecule has 0 aliphatic carbocycles. The van der Waals surface area contributed by atoms with Crippen LogP contribution in [0.1, 0.15) is 41.8 Å². The Labute approximate surface area is 145 Å². The Balaban J connectivity index is 2.08. The minimum absolute atomic E-state index is 0.0944. The predicted octanol–water partition coefficient (Wildman–Crippen LogP) is 3.56. The molecule has 1 heterocycles. The number of rotatable bonds is 8. The second-order valence-corrected chi connectivity index (χ2v) is 6.46. The fourth-order valence-electron chi connectivity index (χ4n) is 2.40. The molecular formula is C18H22N2O3S. The molecule has 0 saturated heterocycles. The third kappa shape index (κ3) is 5.38. The van der Waals surface area contributed by atoms with Gasteiger partial charge in [-0.15, -0.1) is 11.3 Å². The monoisotopic (exact) mass is 346 g/mol. The van der Waals surface area contributed by atoms with Gasteiger partial charge in [0.2, 0.25) is 0 Å². The van der Waals surface area contributed by atoms with E-state index < -0.39 is 5.97 Å². The summed E-state index contributed by atoms with van der Waals surface area (Å²) in [7, 11) is 0. The summed E-state index contributed by atoms with van der Waals surface area (Å²) >= 11 is 1.57. The Morgan fingerprint density at radius 1 is 1.21 bits per heavy atom. The Morgan fingerprint density at radius 3 is 2.54 bits per heavy atom. The highest BCUT2D eigenvalue weighted by atomic mass is 32.1. The van der Waals surface area contributed by atoms with E-state index in [0.29, 0.717) is 0 Å². The maximum Gasteiger partial charge on any atom is 0.315 e. The summed E-state index contributed by atoms with van der Waals surface area (Å²) in [6, 6.07) is 11.6. The van der Waals surface area contributed by atoms with Gasteiger partial charge >= 0.3 is 12.0 Å². The first-order valence-electron chi connectivity index (χ1n) is 7.98. The molecule has 0 fully saturated rings. The Morgan fingerprint density at radius 2 is 1.96 bits per heavy atom. The van der Waals surface area contributed by atoms with Crippen molar-refractivity contribution >= 4 is 23.3 Å². The first-order chi connectivity index (χ1) is 11.6. The van der Waals surface area contributed by atoms with Gasteiger partial charge in [0, 0.05) is 11.4 Å². The van der Waals surface area contributed by atoms with Crippen molar-refractivity contribution in [3.8, 4) is 0 Å². The molecule has 2 aromatic rings. The molecule has 1 aromatic heterocycles. The Kier molecular flexibility index (Phi) is 6.81. The highest BCUT2D eigenvalue weighted by Gasteiger charge is 2.17. The number of aliphatic carboxylic acids is 1. The van der Waals surface area contributed by atoms with E-state index in [-0.39, 0.29) is 25.0 Å². The number of benzene rings is 1. The molecule has 1 unspecified atom stereocenters. The van der Waals surface area contributed by atoms with E-state index in [0.717, 1.165) is 23.3 Å². The maximum atomic E-state index is 12.1. The highest BCUT2D eigenvalue weighted by molar-refractivity contribution is 7.10. The van der Waals surface area contributed by atoms with Gasteiger partial charge in [-0.2, -0.15) is 0 Å². The lowest BCUT2D eigenvalue weighted by atomic mass is 10.0. The molecule has 3 N–H and O–H groups in total. The quantitative estimate of drug-likeness (QED) is 0.684. The number of thiophene rings is 1. The van der Waals surface area contributed by atoms with Crippen molar-refractivity contribution in [2.45, 2.75) is 32.2 Å². The van der Waals surface area contributed by atoms with Crippen molar-refractivity contribution in [1.82, 2.24) is 10.6 Å². The summed E-state index contributed by atoms with van der Waals surface area (Å²) in [6.07, 6.45) is 2.04. The number of carboxylic acid groups (broad SMARTS) is 1. The van der Waals surface area contributed by atoms with Gasteiger partial charge in [-0.25, -0.2) is 4.79 Å². The van der Waals surface area contributed by atoms with E-state index in [4.69, 9.17) is 5.11 Å². The van der Waals surface area contributed by atoms with Crippen molar-refractivity contribution in [2.24, 2.45) is 0 Å². The van der Waals surface area contributed by atoms with Crippen molar-refractivity contribution in [2.75, 3.05) is 6.54 Å². The molecule has 0 aliphatic heterocycles. The van der Waals surface area contributed by atoms with Gasteiger partial charge < -0.3 is 15.7 Å². The maximum absolute atomic E-state index is 12.1. The van der Waals surface area contributed by atoms with Crippen molar-refractivity contribution < 1.29 is 14.7 Å². The third-order valence-electron chi connectivity index (χ3n) is 3.58. The lowest BCUT2D eigenvalue weighted by Gasteiger charge is -2.19. The second-order valence-electron chi connectivity index (χ2n) is 5.48. The highest BCUT2D eigenvalue weighted by Crippen LogP contribution is 2.26. The zero-order chi connectivity index (χ0) is 17.4. The first kappa shape index (κ1) is 18.0. The summed E-state index contributed by atoms with van der Waals surface area (Å²) in [5.41, 5.74) is 2.28. The van der Waals surface area contributed by atoms with Crippen LogP contribution in [0.5, 0.6) is 0 Å². The third-order valence-corrected chi connectivity index (χ3v) is 4.52. The summed E-state index contributed by atoms with van der Waals surface area (Å²) in [5.74, 6) is -0.934. The normalized spacial score (nSPS) is 11.7. The van der Waals surface area contributed by atoms with Crippen LogP contribution in [0, 0.1) is 0 Å². The van der Waals surface area contributed by atoms with Gasteiger partial charge in [0.05, 0.1) is 12.5 Å². The van der Waals surface area contributed by atoms with Gasteiger partial charge in [0.1, 0.15) is 0 Å². The van der Waals surface area contributed by atoms with Crippen LogP contribution in [0.25, 0.3) is 0 Å². The molecule has 0 radical (unpaired) electrons. The average molecular weight is 346 g/mol. The van der Waals surface area contributed by atoms with Crippen LogP contribution in [-0.4, -0.2) is 23.7 Å². The van der Waals surface area contributed by atoms with Gasteiger partial charge in [-0.1, -0.05) is 43.7 Å². The number of nitrogens with one attached hydrogen (secondary N) is 2. The van der Waals surface area contributed by atoms with E-state index in [1.54, 1.807) is 11.3 Å². The molecule has 6 heteroatoms. The summed E-state index contributed by atoms with van der Waals surface area (Å²) < 4.78 is 0. The molecule has 0 bridgehead atoms. The van der Waals surface area contributed by atoms with E-state index >= 15 is 0 Å². The van der Waals surface area contributed by atoms with Crippen LogP contribution in [-0.2, 0) is 11.2 Å². The molecule has 1 aromatic carbocycles. The van der Waals surface area contributed by atoms with E-state index in [1.165, 1.54) is 5.56 Å². The van der Waals surface area contributed by atoms with Gasteiger partial charge in [-0.3, -0.25) is 4.79 Å². The van der Waals surface area contributed by atoms with Crippen LogP contribution >= 0.6 is 11.3 Å². The standard InChI is InChI=1S/C18H22N2O3S/c1-2-4-13-6-8-14(9-7-13)17(15-5-3-12-24-15)20-18(23)19-11-10-16(21)22/h3,5-9,12,17H,2,4,10-11H2,1H3,(H,21,22)(H2,19,20,23). The number of aryl methyl sites for hydroxylation is 1. The van der Waals surface area contributed by atoms with Crippen LogP contribution in [0.15, 0.2) is 41.8 Å². The fourth-order valence-corrected chi connectivity index (χ4v) is 3.21. The summed E-state index contributed by atoms with van der Waals surface area (Å²) in [5, 5.41) is 16.1. The number of urea groups is 1. The average Bonchev–Trinajstić information content (AvgIpc) is 3.08. The van der Waals surface area contributed by atoms with Crippen LogP contribution in [0.3, 0.4) is 0 Å². The largest absolute Gasteiger partial charge is 0.481 e. The minimum Gasteiger partial charge on any atom is -0.481 e. The van der Waals surface area contributed by atoms with Crippen molar-refractivity contribution in [3.63, 3.8) is 0 Å². The SMILES string of the molecule is CCCc1ccc(C(NC(=O)NCCC(=O)O)c2cccs2)cc1. The molecule has 0 saturated carbocycles. The smallest absolute Gasteiger partial charge is 0.315 e. The number of hydrogen-bond acceptors (Lipinski definition) is 3. The number of hydrogen-bond donors (Lipinski definition) is 3. The fraction of sp³-hybridized carbons (Fsp3) is 0.333. The number of amides is 2. The molecule has 0 aliphatic rings. The molecule has 5 nitrogen and oxygen atoms in total. The summed E-state index contributed by atoms with van der Waals surface area (Å²) in [4.78, 5) is 23.6. The minimum atomic E-state index is -0.934. The summed E-state index contributed by atoms with van der Waals surface area (Å²) in [6.45, 7) is 2.25. The lowest BCUT2D eigenvalue weighted by Crippen LogP contribution is -2.39.